The van der Waals surface area contributed by atoms with Crippen molar-refractivity contribution < 1.29 is 51.9 Å². The number of hydrogen-bond donors (Lipinski definition) is 7. The summed E-state index contributed by atoms with van der Waals surface area (Å²) in [5, 5.41) is 17.1. The topological polar surface area (TPSA) is 217 Å². The molecule has 1 aliphatic heterocycles. The molecule has 6 atom stereocenters. The van der Waals surface area contributed by atoms with Gasteiger partial charge in [-0.05, 0) is 69.1 Å². The first-order chi connectivity index (χ1) is 21.4. The van der Waals surface area contributed by atoms with Crippen molar-refractivity contribution in [1.82, 2.24) is 26.6 Å². The minimum atomic E-state index is -4.01. The van der Waals surface area contributed by atoms with Crippen LogP contribution in [0, 0.1) is 23.7 Å². The van der Waals surface area contributed by atoms with Crippen LogP contribution in [0.5, 0.6) is 0 Å². The van der Waals surface area contributed by atoms with E-state index in [1.807, 2.05) is 0 Å². The van der Waals surface area contributed by atoms with Gasteiger partial charge in [-0.1, -0.05) is 6.42 Å². The van der Waals surface area contributed by atoms with Crippen molar-refractivity contribution in [3.8, 4) is 0 Å². The molecule has 1 saturated carbocycles. The van der Waals surface area contributed by atoms with Crippen molar-refractivity contribution in [3.63, 3.8) is 0 Å². The van der Waals surface area contributed by atoms with Gasteiger partial charge in [0.05, 0.1) is 25.5 Å². The molecule has 7 N–H and O–H groups in total. The molecular formula is C27H51N5O11P2. The molecule has 16 nitrogen and oxygen atoms in total. The van der Waals surface area contributed by atoms with Gasteiger partial charge in [-0.2, -0.15) is 0 Å². The van der Waals surface area contributed by atoms with Crippen LogP contribution in [0.3, 0.4) is 0 Å². The van der Waals surface area contributed by atoms with E-state index in [9.17, 15) is 33.6 Å². The first kappa shape index (κ1) is 37.7. The molecule has 18 heteroatoms. The van der Waals surface area contributed by atoms with Gasteiger partial charge in [0.25, 0.3) is 0 Å². The predicted octanol–water partition coefficient (Wildman–Crippen LogP) is 2.35. The van der Waals surface area contributed by atoms with Crippen LogP contribution in [0.4, 0.5) is 4.79 Å². The number of carbonyl (C=O) groups excluding carboxylic acids is 2. The molecule has 2 aliphatic carbocycles. The maximum absolute atomic E-state index is 12.3. The number of ether oxygens (including phenoxy) is 1. The zero-order valence-electron chi connectivity index (χ0n) is 26.3. The van der Waals surface area contributed by atoms with Crippen LogP contribution >= 0.6 is 15.4 Å². The van der Waals surface area contributed by atoms with Gasteiger partial charge in [0.1, 0.15) is 0 Å². The zero-order chi connectivity index (χ0) is 32.9. The van der Waals surface area contributed by atoms with E-state index in [4.69, 9.17) is 13.8 Å². The number of alkyl carbamates (subject to hydrolysis) is 1. The van der Waals surface area contributed by atoms with Crippen molar-refractivity contribution in [2.75, 3.05) is 59.8 Å². The summed E-state index contributed by atoms with van der Waals surface area (Å²) in [6.45, 7) is 2.87. The highest BCUT2D eigenvalue weighted by molar-refractivity contribution is 7.51. The lowest BCUT2D eigenvalue weighted by atomic mass is 10.0. The van der Waals surface area contributed by atoms with Gasteiger partial charge >= 0.3 is 21.5 Å². The summed E-state index contributed by atoms with van der Waals surface area (Å²) < 4.78 is 41.9. The lowest BCUT2D eigenvalue weighted by Gasteiger charge is -2.21. The van der Waals surface area contributed by atoms with Crippen LogP contribution in [-0.4, -0.2) is 91.7 Å². The highest BCUT2D eigenvalue weighted by Gasteiger charge is 2.50. The van der Waals surface area contributed by atoms with Crippen LogP contribution in [-0.2, 0) is 32.2 Å². The van der Waals surface area contributed by atoms with Crippen molar-refractivity contribution in [3.05, 3.63) is 11.4 Å². The molecule has 45 heavy (non-hydrogen) atoms. The number of aliphatic hydroxyl groups is 1. The molecule has 0 spiro atoms. The summed E-state index contributed by atoms with van der Waals surface area (Å²) in [7, 11) is -6.47. The van der Waals surface area contributed by atoms with Gasteiger partial charge in [-0.3, -0.25) is 23.4 Å². The summed E-state index contributed by atoms with van der Waals surface area (Å²) in [5.41, 5.74) is 8.94. The third-order valence-electron chi connectivity index (χ3n) is 8.40. The number of unbranched alkanes of at least 4 members (excludes halogenated alkanes) is 1. The first-order valence-electron chi connectivity index (χ1n) is 15.7. The number of carbonyl (C=O) groups is 2. The number of hydrogen-bond acceptors (Lipinski definition) is 12. The van der Waals surface area contributed by atoms with E-state index >= 15 is 0 Å². The number of fused-ring (bicyclic) bond motifs is 1. The fraction of sp³-hybridized carbons (Fsp3) is 0.852. The minimum absolute atomic E-state index is 0.00799. The van der Waals surface area contributed by atoms with E-state index in [1.54, 1.807) is 0 Å². The zero-order valence-corrected chi connectivity index (χ0v) is 28.1. The molecule has 1 fully saturated rings. The summed E-state index contributed by atoms with van der Waals surface area (Å²) in [5.74, 6) is 1.15. The van der Waals surface area contributed by atoms with Crippen LogP contribution in [0.15, 0.2) is 11.4 Å². The van der Waals surface area contributed by atoms with E-state index in [2.05, 4.69) is 31.1 Å². The van der Waals surface area contributed by atoms with Crippen molar-refractivity contribution in [2.24, 2.45) is 23.7 Å². The van der Waals surface area contributed by atoms with Crippen LogP contribution in [0.2, 0.25) is 0 Å². The number of aliphatic hydroxyl groups excluding tert-OH is 1. The molecule has 6 unspecified atom stereocenters. The Morgan fingerprint density at radius 1 is 1.04 bits per heavy atom. The fourth-order valence-corrected chi connectivity index (χ4v) is 6.78. The second-order valence-electron chi connectivity index (χ2n) is 11.8. The summed E-state index contributed by atoms with van der Waals surface area (Å²) >= 11 is 0. The quantitative estimate of drug-likeness (QED) is 0.0683. The van der Waals surface area contributed by atoms with Crippen LogP contribution in [0.1, 0.15) is 64.2 Å². The van der Waals surface area contributed by atoms with E-state index in [0.717, 1.165) is 52.3 Å². The molecule has 3 aliphatic rings. The van der Waals surface area contributed by atoms with Gasteiger partial charge in [-0.25, -0.2) is 9.36 Å². The largest absolute Gasteiger partial charge is 0.471 e. The van der Waals surface area contributed by atoms with E-state index in [-0.39, 0.29) is 38.2 Å². The predicted molar refractivity (Wildman–Crippen MR) is 164 cm³/mol. The van der Waals surface area contributed by atoms with Crippen molar-refractivity contribution in [2.45, 2.75) is 64.2 Å². The third kappa shape index (κ3) is 13.9. The molecule has 0 aromatic heterocycles. The SMILES string of the molecule is COP(=O)(O)OCCCNC(=O)OCC1C2CCC3=C(CCC21)N(CCCC(=O)NCCCCC(CO)COP(C)(=O)O)NN3. The van der Waals surface area contributed by atoms with Gasteiger partial charge in [0, 0.05) is 58.1 Å². The van der Waals surface area contributed by atoms with E-state index < -0.39 is 21.5 Å². The molecule has 260 valence electrons. The molecule has 3 rings (SSSR count). The highest BCUT2D eigenvalue weighted by Crippen LogP contribution is 2.54. The Morgan fingerprint density at radius 3 is 2.49 bits per heavy atom. The maximum atomic E-state index is 12.3. The molecular weight excluding hydrogens is 632 g/mol. The van der Waals surface area contributed by atoms with Gasteiger partial charge < -0.3 is 40.2 Å². The second-order valence-corrected chi connectivity index (χ2v) is 15.3. The van der Waals surface area contributed by atoms with Crippen molar-refractivity contribution in [1.29, 1.82) is 0 Å². The highest BCUT2D eigenvalue weighted by atomic mass is 31.2. The monoisotopic (exact) mass is 683 g/mol. The van der Waals surface area contributed by atoms with Crippen molar-refractivity contribution >= 4 is 27.4 Å². The number of phosphoric acid groups is 1. The Hall–Kier alpha value is -1.74. The van der Waals surface area contributed by atoms with Crippen LogP contribution in [0.25, 0.3) is 0 Å². The van der Waals surface area contributed by atoms with E-state index in [0.29, 0.717) is 63.1 Å². The smallest absolute Gasteiger partial charge is 0.449 e. The minimum Gasteiger partial charge on any atom is -0.449 e. The van der Waals surface area contributed by atoms with Gasteiger partial charge in [-0.15, -0.1) is 5.53 Å². The summed E-state index contributed by atoms with van der Waals surface area (Å²) in [6.07, 6.45) is 6.90. The van der Waals surface area contributed by atoms with Gasteiger partial charge in [0.15, 0.2) is 0 Å². The average molecular weight is 684 g/mol. The Kier molecular flexibility index (Phi) is 15.6. The fourth-order valence-electron chi connectivity index (χ4n) is 5.82. The number of phosphoric ester groups is 1. The Bertz CT molecular complexity index is 1090. The Balaban J connectivity index is 1.25. The third-order valence-corrected chi connectivity index (χ3v) is 10.0. The first-order valence-corrected chi connectivity index (χ1v) is 19.2. The molecule has 0 bridgehead atoms. The lowest BCUT2D eigenvalue weighted by molar-refractivity contribution is -0.121. The lowest BCUT2D eigenvalue weighted by Crippen LogP contribution is -2.39. The number of nitrogens with one attached hydrogen (secondary N) is 4. The summed E-state index contributed by atoms with van der Waals surface area (Å²) in [4.78, 5) is 42.8. The number of rotatable bonds is 21. The standard InChI is InChI=1S/C27H51N5O11P2/c1-40-45(38,39)42-16-6-14-29-27(35)41-19-23-21-9-11-24-25(12-10-22(21)23)32(31-30-24)15-5-8-26(34)28-13-4-3-7-20(17-33)18-43-44(2,36)37/h20-23,30-31,33H,3-19H2,1-2H3,(H,28,34)(H,29,35)(H,36,37)(H,38,39). The summed E-state index contributed by atoms with van der Waals surface area (Å²) in [6, 6.07) is 0. The average Bonchev–Trinajstić information content (AvgIpc) is 3.49. The normalized spacial score (nSPS) is 24.2. The number of allylic oxidation sites excluding steroid dienone is 2. The molecule has 0 saturated heterocycles. The van der Waals surface area contributed by atoms with Crippen LogP contribution < -0.4 is 21.6 Å². The molecule has 0 aromatic rings. The number of nitrogens with zero attached hydrogens (tertiary/aromatic N) is 1. The molecule has 2 amide bonds. The Morgan fingerprint density at radius 2 is 1.78 bits per heavy atom. The number of hydrazine groups is 2. The van der Waals surface area contributed by atoms with Gasteiger partial charge in [0.2, 0.25) is 5.91 Å². The molecule has 1 heterocycles. The molecule has 0 radical (unpaired) electrons. The Labute approximate surface area is 265 Å². The van der Waals surface area contributed by atoms with E-state index in [1.165, 1.54) is 11.4 Å². The number of amides is 2. The molecule has 0 aromatic carbocycles. The maximum Gasteiger partial charge on any atom is 0.471 e. The second kappa shape index (κ2) is 18.6.